The summed E-state index contributed by atoms with van der Waals surface area (Å²) in [6.07, 6.45) is 0.984. The number of hydrogen-bond donors (Lipinski definition) is 1. The van der Waals surface area contributed by atoms with Gasteiger partial charge in [0.05, 0.1) is 30.2 Å². The summed E-state index contributed by atoms with van der Waals surface area (Å²) in [5.41, 5.74) is 2.82. The predicted octanol–water partition coefficient (Wildman–Crippen LogP) is 4.52. The van der Waals surface area contributed by atoms with Gasteiger partial charge in [-0.05, 0) is 35.7 Å². The van der Waals surface area contributed by atoms with Crippen molar-refractivity contribution in [3.8, 4) is 0 Å². The van der Waals surface area contributed by atoms with Crippen molar-refractivity contribution in [1.82, 2.24) is 9.29 Å². The van der Waals surface area contributed by atoms with Crippen LogP contribution in [-0.2, 0) is 23.1 Å². The maximum atomic E-state index is 13.7. The minimum Gasteiger partial charge on any atom is -0.396 e. The third-order valence-corrected chi connectivity index (χ3v) is 7.42. The van der Waals surface area contributed by atoms with Gasteiger partial charge in [-0.2, -0.15) is 17.5 Å². The summed E-state index contributed by atoms with van der Waals surface area (Å²) in [5.74, 6) is -0.682. The number of nitrogen functional groups attached to an aromatic ring is 1. The van der Waals surface area contributed by atoms with E-state index in [2.05, 4.69) is 4.98 Å². The van der Waals surface area contributed by atoms with Crippen LogP contribution in [0.25, 0.3) is 0 Å². The lowest BCUT2D eigenvalue weighted by Gasteiger charge is -2.34. The number of anilines is 2. The first-order valence-corrected chi connectivity index (χ1v) is 11.8. The molecule has 2 aromatic carbocycles. The summed E-state index contributed by atoms with van der Waals surface area (Å²) in [5, 5.41) is 0. The fourth-order valence-corrected chi connectivity index (χ4v) is 5.04. The Balaban J connectivity index is 1.90. The molecule has 2 heterocycles. The first kappa shape index (κ1) is 24.0. The SMILES string of the molecule is Cc1cccc2c1CN(S(=O)(=O)C(F)(F)F)C[C@H](c1ccccc1)N2Cc1cc(N)c(F)cn1. The number of sulfonamides is 1. The number of nitrogens with zero attached hydrogens (tertiary/aromatic N) is 3. The van der Waals surface area contributed by atoms with Crippen LogP contribution in [0.5, 0.6) is 0 Å². The zero-order chi connectivity index (χ0) is 24.7. The molecular weight excluding hydrogens is 472 g/mol. The van der Waals surface area contributed by atoms with Crippen molar-refractivity contribution in [3.63, 3.8) is 0 Å². The summed E-state index contributed by atoms with van der Waals surface area (Å²) >= 11 is 0. The lowest BCUT2D eigenvalue weighted by Crippen LogP contribution is -2.43. The Morgan fingerprint density at radius 2 is 1.82 bits per heavy atom. The summed E-state index contributed by atoms with van der Waals surface area (Å²) in [7, 11) is -5.61. The van der Waals surface area contributed by atoms with Gasteiger partial charge in [0, 0.05) is 18.8 Å². The highest BCUT2D eigenvalue weighted by Crippen LogP contribution is 2.40. The fourth-order valence-electron chi connectivity index (χ4n) is 4.11. The van der Waals surface area contributed by atoms with Crippen LogP contribution in [0, 0.1) is 12.7 Å². The average Bonchev–Trinajstić information content (AvgIpc) is 2.95. The van der Waals surface area contributed by atoms with Gasteiger partial charge in [0.15, 0.2) is 5.82 Å². The standard InChI is InChI=1S/C23H22F4N4O2S/c1-15-6-5-9-21-18(15)13-30(34(32,33)23(25,26)27)14-22(16-7-3-2-4-8-16)31(21)12-17-10-20(28)19(24)11-29-17/h2-11,22H,12-14H2,1H3,(H2,28,29)/t22-/m1/s1. The van der Waals surface area contributed by atoms with Crippen LogP contribution < -0.4 is 10.6 Å². The second kappa shape index (κ2) is 8.88. The number of hydrogen-bond acceptors (Lipinski definition) is 5. The minimum atomic E-state index is -5.61. The quantitative estimate of drug-likeness (QED) is 0.540. The number of nitrogens with two attached hydrogens (primary N) is 1. The van der Waals surface area contributed by atoms with E-state index in [9.17, 15) is 26.0 Å². The van der Waals surface area contributed by atoms with E-state index in [1.807, 2.05) is 0 Å². The van der Waals surface area contributed by atoms with E-state index in [0.29, 0.717) is 32.4 Å². The minimum absolute atomic E-state index is 0.0698. The highest BCUT2D eigenvalue weighted by molar-refractivity contribution is 7.89. The molecule has 6 nitrogen and oxygen atoms in total. The molecule has 0 saturated heterocycles. The molecule has 34 heavy (non-hydrogen) atoms. The summed E-state index contributed by atoms with van der Waals surface area (Å²) in [4.78, 5) is 5.88. The molecule has 1 aliphatic heterocycles. The van der Waals surface area contributed by atoms with Crippen molar-refractivity contribution < 1.29 is 26.0 Å². The molecule has 1 aromatic heterocycles. The molecular formula is C23H22F4N4O2S. The average molecular weight is 495 g/mol. The molecule has 0 aliphatic carbocycles. The lowest BCUT2D eigenvalue weighted by molar-refractivity contribution is -0.0492. The van der Waals surface area contributed by atoms with Crippen molar-refractivity contribution in [2.24, 2.45) is 0 Å². The maximum Gasteiger partial charge on any atom is 0.511 e. The second-order valence-electron chi connectivity index (χ2n) is 8.07. The number of pyridine rings is 1. The van der Waals surface area contributed by atoms with Gasteiger partial charge < -0.3 is 10.6 Å². The Morgan fingerprint density at radius 1 is 1.12 bits per heavy atom. The van der Waals surface area contributed by atoms with Crippen molar-refractivity contribution in [2.75, 3.05) is 17.2 Å². The number of aryl methyl sites for hydroxylation is 1. The zero-order valence-electron chi connectivity index (χ0n) is 18.1. The molecule has 0 bridgehead atoms. The molecule has 2 N–H and O–H groups in total. The van der Waals surface area contributed by atoms with Gasteiger partial charge in [-0.15, -0.1) is 0 Å². The number of alkyl halides is 3. The van der Waals surface area contributed by atoms with E-state index in [1.165, 1.54) is 6.07 Å². The molecule has 0 radical (unpaired) electrons. The number of rotatable bonds is 4. The van der Waals surface area contributed by atoms with E-state index in [4.69, 9.17) is 5.73 Å². The van der Waals surface area contributed by atoms with Gasteiger partial charge in [0.2, 0.25) is 0 Å². The largest absolute Gasteiger partial charge is 0.511 e. The molecule has 1 aliphatic rings. The van der Waals surface area contributed by atoms with Crippen molar-refractivity contribution in [1.29, 1.82) is 0 Å². The first-order valence-electron chi connectivity index (χ1n) is 10.4. The summed E-state index contributed by atoms with van der Waals surface area (Å²) in [6.45, 7) is 0.895. The molecule has 1 atom stereocenters. The fraction of sp³-hybridized carbons (Fsp3) is 0.261. The van der Waals surface area contributed by atoms with Crippen LogP contribution in [0.4, 0.5) is 28.9 Å². The molecule has 0 saturated carbocycles. The van der Waals surface area contributed by atoms with Gasteiger partial charge in [-0.1, -0.05) is 42.5 Å². The van der Waals surface area contributed by atoms with Crippen molar-refractivity contribution in [3.05, 3.63) is 89.0 Å². The molecule has 180 valence electrons. The molecule has 3 aromatic rings. The van der Waals surface area contributed by atoms with E-state index in [0.717, 1.165) is 6.20 Å². The predicted molar refractivity (Wildman–Crippen MR) is 121 cm³/mol. The van der Waals surface area contributed by atoms with E-state index in [1.54, 1.807) is 60.4 Å². The van der Waals surface area contributed by atoms with Crippen LogP contribution in [0.15, 0.2) is 60.8 Å². The third-order valence-electron chi connectivity index (χ3n) is 5.87. The van der Waals surface area contributed by atoms with Gasteiger partial charge in [-0.25, -0.2) is 12.8 Å². The Hall–Kier alpha value is -3.18. The van der Waals surface area contributed by atoms with E-state index < -0.39 is 40.5 Å². The number of aromatic nitrogens is 1. The number of fused-ring (bicyclic) bond motifs is 1. The topological polar surface area (TPSA) is 79.5 Å². The Kier molecular flexibility index (Phi) is 6.26. The van der Waals surface area contributed by atoms with Crippen LogP contribution >= 0.6 is 0 Å². The summed E-state index contributed by atoms with van der Waals surface area (Å²) < 4.78 is 79.9. The molecule has 0 amide bonds. The molecule has 0 spiro atoms. The van der Waals surface area contributed by atoms with Gasteiger partial charge >= 0.3 is 15.5 Å². The molecule has 0 fully saturated rings. The first-order chi connectivity index (χ1) is 16.0. The molecule has 0 unspecified atom stereocenters. The highest BCUT2D eigenvalue weighted by Gasteiger charge is 2.51. The monoisotopic (exact) mass is 494 g/mol. The van der Waals surface area contributed by atoms with Crippen molar-refractivity contribution >= 4 is 21.4 Å². The Morgan fingerprint density at radius 3 is 2.47 bits per heavy atom. The molecule has 11 heteroatoms. The Labute approximate surface area is 194 Å². The highest BCUT2D eigenvalue weighted by atomic mass is 32.2. The van der Waals surface area contributed by atoms with Crippen LogP contribution in [0.2, 0.25) is 0 Å². The smallest absolute Gasteiger partial charge is 0.396 e. The third kappa shape index (κ3) is 4.45. The zero-order valence-corrected chi connectivity index (χ0v) is 18.9. The lowest BCUT2D eigenvalue weighted by atomic mass is 10.0. The van der Waals surface area contributed by atoms with E-state index >= 15 is 0 Å². The summed E-state index contributed by atoms with van der Waals surface area (Å²) in [6, 6.07) is 14.4. The maximum absolute atomic E-state index is 13.7. The van der Waals surface area contributed by atoms with E-state index in [-0.39, 0.29) is 12.2 Å². The van der Waals surface area contributed by atoms with Crippen LogP contribution in [-0.4, -0.2) is 29.8 Å². The number of halogens is 4. The Bertz CT molecular complexity index is 1300. The molecule has 4 rings (SSSR count). The number of benzene rings is 2. The second-order valence-corrected chi connectivity index (χ2v) is 10.00. The van der Waals surface area contributed by atoms with Crippen molar-refractivity contribution in [2.45, 2.75) is 31.6 Å². The normalized spacial score (nSPS) is 17.3. The van der Waals surface area contributed by atoms with Gasteiger partial charge in [0.25, 0.3) is 0 Å². The van der Waals surface area contributed by atoms with Gasteiger partial charge in [0.1, 0.15) is 0 Å². The van der Waals surface area contributed by atoms with Crippen LogP contribution in [0.1, 0.15) is 28.4 Å². The van der Waals surface area contributed by atoms with Crippen LogP contribution in [0.3, 0.4) is 0 Å². The van der Waals surface area contributed by atoms with Gasteiger partial charge in [-0.3, -0.25) is 4.98 Å².